The first-order valence-corrected chi connectivity index (χ1v) is 8.05. The van der Waals surface area contributed by atoms with E-state index in [1.54, 1.807) is 11.3 Å². The highest BCUT2D eigenvalue weighted by atomic mass is 32.1. The molecular formula is C15H26N2S. The van der Waals surface area contributed by atoms with Gasteiger partial charge >= 0.3 is 0 Å². The Labute approximate surface area is 115 Å². The third-order valence-corrected chi connectivity index (χ3v) is 5.49. The molecule has 0 unspecified atom stereocenters. The Balaban J connectivity index is 2.08. The van der Waals surface area contributed by atoms with Gasteiger partial charge in [0.2, 0.25) is 0 Å². The molecule has 18 heavy (non-hydrogen) atoms. The first-order chi connectivity index (χ1) is 8.42. The van der Waals surface area contributed by atoms with E-state index in [4.69, 9.17) is 10.7 Å². The molecule has 1 fully saturated rings. The van der Waals surface area contributed by atoms with Crippen molar-refractivity contribution in [3.63, 3.8) is 0 Å². The zero-order valence-electron chi connectivity index (χ0n) is 12.1. The topological polar surface area (TPSA) is 38.9 Å². The van der Waals surface area contributed by atoms with E-state index in [9.17, 15) is 0 Å². The van der Waals surface area contributed by atoms with Crippen molar-refractivity contribution in [2.75, 3.05) is 0 Å². The molecule has 2 N–H and O–H groups in total. The molecule has 2 nitrogen and oxygen atoms in total. The predicted octanol–water partition coefficient (Wildman–Crippen LogP) is 4.27. The maximum absolute atomic E-state index is 6.60. The molecule has 0 radical (unpaired) electrons. The lowest BCUT2D eigenvalue weighted by Crippen LogP contribution is -2.41. The molecular weight excluding hydrogens is 240 g/mol. The Morgan fingerprint density at radius 2 is 1.89 bits per heavy atom. The highest BCUT2D eigenvalue weighted by Gasteiger charge is 2.36. The van der Waals surface area contributed by atoms with E-state index < -0.39 is 0 Å². The average Bonchev–Trinajstić information content (AvgIpc) is 2.79. The molecule has 3 heteroatoms. The number of aromatic nitrogens is 1. The number of rotatable bonds is 3. The van der Waals surface area contributed by atoms with Crippen LogP contribution < -0.4 is 5.73 Å². The fraction of sp³-hybridized carbons (Fsp3) is 0.800. The highest BCUT2D eigenvalue weighted by molar-refractivity contribution is 7.09. The second-order valence-electron chi connectivity index (χ2n) is 6.47. The summed E-state index contributed by atoms with van der Waals surface area (Å²) in [5.74, 6) is 2.15. The van der Waals surface area contributed by atoms with E-state index in [-0.39, 0.29) is 5.54 Å². The first-order valence-electron chi connectivity index (χ1n) is 7.17. The Morgan fingerprint density at radius 1 is 1.28 bits per heavy atom. The van der Waals surface area contributed by atoms with Gasteiger partial charge in [-0.2, -0.15) is 0 Å². The van der Waals surface area contributed by atoms with E-state index in [2.05, 4.69) is 33.1 Å². The lowest BCUT2D eigenvalue weighted by molar-refractivity contribution is 0.195. The number of nitrogens with two attached hydrogens (primary N) is 1. The molecule has 0 bridgehead atoms. The van der Waals surface area contributed by atoms with Gasteiger partial charge in [-0.1, -0.05) is 27.7 Å². The second-order valence-corrected chi connectivity index (χ2v) is 7.33. The van der Waals surface area contributed by atoms with Crippen molar-refractivity contribution < 1.29 is 0 Å². The van der Waals surface area contributed by atoms with Gasteiger partial charge in [-0.05, 0) is 43.4 Å². The van der Waals surface area contributed by atoms with Crippen LogP contribution in [0.2, 0.25) is 0 Å². The Bertz CT molecular complexity index is 387. The van der Waals surface area contributed by atoms with Gasteiger partial charge in [0, 0.05) is 5.38 Å². The van der Waals surface area contributed by atoms with Crippen LogP contribution in [0.15, 0.2) is 5.38 Å². The molecule has 0 atom stereocenters. The maximum Gasteiger partial charge on any atom is 0.113 e. The normalized spacial score (nSPS) is 29.2. The lowest BCUT2D eigenvalue weighted by atomic mass is 9.73. The van der Waals surface area contributed by atoms with E-state index >= 15 is 0 Å². The monoisotopic (exact) mass is 266 g/mol. The summed E-state index contributed by atoms with van der Waals surface area (Å²) in [5, 5.41) is 3.34. The van der Waals surface area contributed by atoms with Crippen LogP contribution in [-0.2, 0) is 5.54 Å². The van der Waals surface area contributed by atoms with E-state index in [0.717, 1.165) is 29.7 Å². The average molecular weight is 266 g/mol. The smallest absolute Gasteiger partial charge is 0.113 e. The quantitative estimate of drug-likeness (QED) is 0.887. The fourth-order valence-electron chi connectivity index (χ4n) is 2.82. The van der Waals surface area contributed by atoms with Crippen LogP contribution in [0.5, 0.6) is 0 Å². The minimum absolute atomic E-state index is 0.150. The minimum atomic E-state index is -0.150. The zero-order valence-corrected chi connectivity index (χ0v) is 12.9. The van der Waals surface area contributed by atoms with Gasteiger partial charge in [0.1, 0.15) is 5.01 Å². The Hall–Kier alpha value is -0.410. The van der Waals surface area contributed by atoms with Gasteiger partial charge in [0.05, 0.1) is 11.2 Å². The first kappa shape index (κ1) is 14.0. The van der Waals surface area contributed by atoms with Crippen LogP contribution in [0.25, 0.3) is 0 Å². The Kier molecular flexibility index (Phi) is 4.12. The standard InChI is InChI=1S/C15H26N2S/c1-10(2)12-5-7-15(16,8-6-12)14-17-13(9-18-14)11(3)4/h9-12H,5-8,16H2,1-4H3. The molecule has 0 spiro atoms. The van der Waals surface area contributed by atoms with Crippen LogP contribution in [0.1, 0.15) is 70.0 Å². The fourth-order valence-corrected chi connectivity index (χ4v) is 3.97. The lowest BCUT2D eigenvalue weighted by Gasteiger charge is -2.37. The van der Waals surface area contributed by atoms with Crippen molar-refractivity contribution in [1.29, 1.82) is 0 Å². The number of thiazole rings is 1. The molecule has 1 aromatic heterocycles. The SMILES string of the molecule is CC(C)c1csc(C2(N)CCC(C(C)C)CC2)n1. The van der Waals surface area contributed by atoms with Crippen LogP contribution in [-0.4, -0.2) is 4.98 Å². The molecule has 0 aliphatic heterocycles. The molecule has 1 aromatic rings. The van der Waals surface area contributed by atoms with Gasteiger partial charge in [-0.25, -0.2) is 4.98 Å². The summed E-state index contributed by atoms with van der Waals surface area (Å²) in [4.78, 5) is 4.77. The molecule has 2 rings (SSSR count). The summed E-state index contributed by atoms with van der Waals surface area (Å²) >= 11 is 1.76. The van der Waals surface area contributed by atoms with Crippen LogP contribution in [0.4, 0.5) is 0 Å². The molecule has 0 amide bonds. The van der Waals surface area contributed by atoms with Crippen molar-refractivity contribution in [1.82, 2.24) is 4.98 Å². The third-order valence-electron chi connectivity index (χ3n) is 4.40. The van der Waals surface area contributed by atoms with Crippen molar-refractivity contribution in [3.05, 3.63) is 16.1 Å². The van der Waals surface area contributed by atoms with Gasteiger partial charge in [0.15, 0.2) is 0 Å². The summed E-state index contributed by atoms with van der Waals surface area (Å²) in [7, 11) is 0. The van der Waals surface area contributed by atoms with Crippen LogP contribution in [0.3, 0.4) is 0 Å². The van der Waals surface area contributed by atoms with Crippen molar-refractivity contribution >= 4 is 11.3 Å². The summed E-state index contributed by atoms with van der Waals surface area (Å²) < 4.78 is 0. The van der Waals surface area contributed by atoms with Gasteiger partial charge < -0.3 is 5.73 Å². The predicted molar refractivity (Wildman–Crippen MR) is 78.9 cm³/mol. The second kappa shape index (κ2) is 5.30. The molecule has 0 saturated heterocycles. The number of nitrogens with zero attached hydrogens (tertiary/aromatic N) is 1. The van der Waals surface area contributed by atoms with Crippen LogP contribution >= 0.6 is 11.3 Å². The summed E-state index contributed by atoms with van der Waals surface area (Å²) in [6, 6.07) is 0. The van der Waals surface area contributed by atoms with Crippen LogP contribution in [0, 0.1) is 11.8 Å². The number of hydrogen-bond acceptors (Lipinski definition) is 3. The van der Waals surface area contributed by atoms with Crippen molar-refractivity contribution in [2.24, 2.45) is 17.6 Å². The van der Waals surface area contributed by atoms with Crippen molar-refractivity contribution in [3.8, 4) is 0 Å². The van der Waals surface area contributed by atoms with Gasteiger partial charge in [0.25, 0.3) is 0 Å². The van der Waals surface area contributed by atoms with E-state index in [0.29, 0.717) is 5.92 Å². The largest absolute Gasteiger partial charge is 0.319 e. The summed E-state index contributed by atoms with van der Waals surface area (Å²) in [6.45, 7) is 9.04. The van der Waals surface area contributed by atoms with E-state index in [1.165, 1.54) is 18.5 Å². The highest BCUT2D eigenvalue weighted by Crippen LogP contribution is 2.41. The zero-order chi connectivity index (χ0) is 13.3. The molecule has 102 valence electrons. The molecule has 1 aliphatic carbocycles. The molecule has 1 heterocycles. The molecule has 1 aliphatic rings. The summed E-state index contributed by atoms with van der Waals surface area (Å²) in [6.07, 6.45) is 4.71. The van der Waals surface area contributed by atoms with Crippen molar-refractivity contribution in [2.45, 2.75) is 64.8 Å². The third kappa shape index (κ3) is 2.77. The minimum Gasteiger partial charge on any atom is -0.319 e. The van der Waals surface area contributed by atoms with Gasteiger partial charge in [-0.15, -0.1) is 11.3 Å². The molecule has 0 aromatic carbocycles. The maximum atomic E-state index is 6.60. The number of hydrogen-bond donors (Lipinski definition) is 1. The van der Waals surface area contributed by atoms with Gasteiger partial charge in [-0.3, -0.25) is 0 Å². The van der Waals surface area contributed by atoms with E-state index in [1.807, 2.05) is 0 Å². The molecule has 1 saturated carbocycles. The summed E-state index contributed by atoms with van der Waals surface area (Å²) in [5.41, 5.74) is 7.65. The Morgan fingerprint density at radius 3 is 2.33 bits per heavy atom.